The van der Waals surface area contributed by atoms with E-state index in [1.165, 1.54) is 0 Å². The van der Waals surface area contributed by atoms with Gasteiger partial charge in [-0.3, -0.25) is 5.32 Å². The molecule has 0 atom stereocenters. The Morgan fingerprint density at radius 1 is 1.23 bits per heavy atom. The molecule has 0 aromatic heterocycles. The number of carbonyl (C=O) groups is 1. The Balaban J connectivity index is 3.06. The van der Waals surface area contributed by atoms with Gasteiger partial charge in [0.25, 0.3) is 0 Å². The lowest BCUT2D eigenvalue weighted by Gasteiger charge is -2.01. The van der Waals surface area contributed by atoms with Crippen molar-refractivity contribution in [2.24, 2.45) is 0 Å². The second-order valence-electron chi connectivity index (χ2n) is 2.18. The third kappa shape index (κ3) is 2.11. The number of halogens is 3. The largest absolute Gasteiger partial charge is 0.465 e. The lowest BCUT2D eigenvalue weighted by Crippen LogP contribution is -2.08. The number of nitrogens with one attached hydrogen (secondary N) is 1. The zero-order chi connectivity index (χ0) is 10.0. The molecule has 0 saturated carbocycles. The predicted molar refractivity (Wildman–Crippen MR) is 38.0 cm³/mol. The molecule has 6 heteroatoms. The molecule has 0 aliphatic heterocycles. The first-order valence-electron chi connectivity index (χ1n) is 3.15. The van der Waals surface area contributed by atoms with Gasteiger partial charge in [0, 0.05) is 12.1 Å². The molecule has 0 spiro atoms. The van der Waals surface area contributed by atoms with Crippen LogP contribution < -0.4 is 5.32 Å². The van der Waals surface area contributed by atoms with Crippen molar-refractivity contribution in [1.82, 2.24) is 0 Å². The van der Waals surface area contributed by atoms with Crippen molar-refractivity contribution < 1.29 is 23.1 Å². The third-order valence-corrected chi connectivity index (χ3v) is 1.24. The molecule has 0 unspecified atom stereocenters. The van der Waals surface area contributed by atoms with Gasteiger partial charge in [-0.25, -0.2) is 18.0 Å². The zero-order valence-electron chi connectivity index (χ0n) is 6.14. The highest BCUT2D eigenvalue weighted by atomic mass is 19.2. The highest BCUT2D eigenvalue weighted by Gasteiger charge is 2.11. The summed E-state index contributed by atoms with van der Waals surface area (Å²) in [6.45, 7) is 0. The van der Waals surface area contributed by atoms with Crippen LogP contribution in [0, 0.1) is 17.5 Å². The summed E-state index contributed by atoms with van der Waals surface area (Å²) in [5.74, 6) is -4.51. The van der Waals surface area contributed by atoms with Crippen LogP contribution in [0.5, 0.6) is 0 Å². The molecular formula is C7H4F3NO2. The minimum Gasteiger partial charge on any atom is -0.465 e. The van der Waals surface area contributed by atoms with E-state index in [1.54, 1.807) is 5.32 Å². The second kappa shape index (κ2) is 3.34. The van der Waals surface area contributed by atoms with Crippen molar-refractivity contribution in [1.29, 1.82) is 0 Å². The van der Waals surface area contributed by atoms with Crippen LogP contribution >= 0.6 is 0 Å². The number of anilines is 1. The SMILES string of the molecule is O=C(O)Nc1cc(F)c(F)c(F)c1. The molecule has 1 amide bonds. The molecule has 70 valence electrons. The maximum atomic E-state index is 12.4. The van der Waals surface area contributed by atoms with Crippen molar-refractivity contribution >= 4 is 11.8 Å². The number of rotatable bonds is 1. The van der Waals surface area contributed by atoms with Gasteiger partial charge in [-0.1, -0.05) is 0 Å². The van der Waals surface area contributed by atoms with Gasteiger partial charge in [-0.2, -0.15) is 0 Å². The first-order valence-corrected chi connectivity index (χ1v) is 3.15. The Kier molecular flexibility index (Phi) is 2.41. The second-order valence-corrected chi connectivity index (χ2v) is 2.18. The van der Waals surface area contributed by atoms with Crippen LogP contribution in [0.25, 0.3) is 0 Å². The number of hydrogen-bond donors (Lipinski definition) is 2. The highest BCUT2D eigenvalue weighted by Crippen LogP contribution is 2.16. The third-order valence-electron chi connectivity index (χ3n) is 1.24. The normalized spacial score (nSPS) is 9.77. The summed E-state index contributed by atoms with van der Waals surface area (Å²) in [6.07, 6.45) is -1.48. The molecule has 1 aromatic rings. The molecular weight excluding hydrogens is 187 g/mol. The van der Waals surface area contributed by atoms with Gasteiger partial charge < -0.3 is 5.11 Å². The molecule has 3 nitrogen and oxygen atoms in total. The fourth-order valence-electron chi connectivity index (χ4n) is 0.751. The summed E-state index contributed by atoms with van der Waals surface area (Å²) in [5.41, 5.74) is -0.357. The molecule has 0 aliphatic carbocycles. The Labute approximate surface area is 70.8 Å². The molecule has 0 radical (unpaired) electrons. The fraction of sp³-hybridized carbons (Fsp3) is 0. The number of amides is 1. The Hall–Kier alpha value is -1.72. The van der Waals surface area contributed by atoms with Gasteiger partial charge in [0.05, 0.1) is 5.69 Å². The minimum absolute atomic E-state index is 0.357. The minimum atomic E-state index is -1.63. The van der Waals surface area contributed by atoms with Crippen molar-refractivity contribution in [3.05, 3.63) is 29.6 Å². The van der Waals surface area contributed by atoms with E-state index in [1.807, 2.05) is 0 Å². The Morgan fingerprint density at radius 2 is 1.69 bits per heavy atom. The Morgan fingerprint density at radius 3 is 2.08 bits per heavy atom. The predicted octanol–water partition coefficient (Wildman–Crippen LogP) is 2.19. The molecule has 0 saturated heterocycles. The molecule has 13 heavy (non-hydrogen) atoms. The van der Waals surface area contributed by atoms with Gasteiger partial charge in [0.15, 0.2) is 17.5 Å². The number of hydrogen-bond acceptors (Lipinski definition) is 1. The summed E-state index contributed by atoms with van der Waals surface area (Å²) in [5, 5.41) is 9.85. The molecule has 2 N–H and O–H groups in total. The van der Waals surface area contributed by atoms with Crippen molar-refractivity contribution in [3.8, 4) is 0 Å². The first kappa shape index (κ1) is 9.37. The summed E-state index contributed by atoms with van der Waals surface area (Å²) >= 11 is 0. The van der Waals surface area contributed by atoms with Crippen LogP contribution in [0.2, 0.25) is 0 Å². The maximum Gasteiger partial charge on any atom is 0.409 e. The van der Waals surface area contributed by atoms with Crippen LogP contribution in [-0.4, -0.2) is 11.2 Å². The van der Waals surface area contributed by atoms with Crippen molar-refractivity contribution in [3.63, 3.8) is 0 Å². The van der Waals surface area contributed by atoms with E-state index < -0.39 is 23.5 Å². The van der Waals surface area contributed by atoms with Crippen molar-refractivity contribution in [2.75, 3.05) is 5.32 Å². The molecule has 1 aromatic carbocycles. The van der Waals surface area contributed by atoms with E-state index in [0.29, 0.717) is 12.1 Å². The van der Waals surface area contributed by atoms with E-state index in [2.05, 4.69) is 0 Å². The summed E-state index contributed by atoms with van der Waals surface area (Å²) < 4.78 is 37.2. The van der Waals surface area contributed by atoms with Gasteiger partial charge in [0.2, 0.25) is 0 Å². The van der Waals surface area contributed by atoms with Gasteiger partial charge in [-0.05, 0) is 0 Å². The smallest absolute Gasteiger partial charge is 0.409 e. The topological polar surface area (TPSA) is 49.3 Å². The van der Waals surface area contributed by atoms with Crippen molar-refractivity contribution in [2.45, 2.75) is 0 Å². The number of carboxylic acid groups (broad SMARTS) is 1. The van der Waals surface area contributed by atoms with Crippen LogP contribution in [0.1, 0.15) is 0 Å². The molecule has 0 aliphatic rings. The number of benzene rings is 1. The van der Waals surface area contributed by atoms with Crippen LogP contribution in [0.15, 0.2) is 12.1 Å². The molecule has 0 bridgehead atoms. The van der Waals surface area contributed by atoms with E-state index in [-0.39, 0.29) is 5.69 Å². The van der Waals surface area contributed by atoms with Gasteiger partial charge in [0.1, 0.15) is 0 Å². The zero-order valence-corrected chi connectivity index (χ0v) is 6.14. The van der Waals surface area contributed by atoms with Crippen LogP contribution in [-0.2, 0) is 0 Å². The standard InChI is InChI=1S/C7H4F3NO2/c8-4-1-3(11-7(12)13)2-5(9)6(4)10/h1-2,11H,(H,12,13). The molecule has 1 rings (SSSR count). The molecule has 0 heterocycles. The summed E-state index contributed by atoms with van der Waals surface area (Å²) in [7, 11) is 0. The maximum absolute atomic E-state index is 12.4. The van der Waals surface area contributed by atoms with Gasteiger partial charge in [-0.15, -0.1) is 0 Å². The average Bonchev–Trinajstić information content (AvgIpc) is 1.98. The van der Waals surface area contributed by atoms with Crippen LogP contribution in [0.4, 0.5) is 23.7 Å². The van der Waals surface area contributed by atoms with Crippen LogP contribution in [0.3, 0.4) is 0 Å². The quantitative estimate of drug-likeness (QED) is 0.668. The van der Waals surface area contributed by atoms with E-state index in [9.17, 15) is 18.0 Å². The summed E-state index contributed by atoms with van der Waals surface area (Å²) in [6, 6.07) is 1.10. The van der Waals surface area contributed by atoms with Gasteiger partial charge >= 0.3 is 6.09 Å². The monoisotopic (exact) mass is 191 g/mol. The first-order chi connectivity index (χ1) is 6.00. The van der Waals surface area contributed by atoms with E-state index in [0.717, 1.165) is 0 Å². The molecule has 0 fully saturated rings. The lowest BCUT2D eigenvalue weighted by atomic mass is 10.3. The van der Waals surface area contributed by atoms with E-state index >= 15 is 0 Å². The Bertz CT molecular complexity index is 331. The summed E-state index contributed by atoms with van der Waals surface area (Å²) in [4.78, 5) is 10.0. The average molecular weight is 191 g/mol. The van der Waals surface area contributed by atoms with E-state index in [4.69, 9.17) is 5.11 Å². The highest BCUT2D eigenvalue weighted by molar-refractivity contribution is 5.82. The lowest BCUT2D eigenvalue weighted by molar-refractivity contribution is 0.209. The fourth-order valence-corrected chi connectivity index (χ4v) is 0.751.